The molecule has 3 rings (SSSR count). The van der Waals surface area contributed by atoms with Crippen molar-refractivity contribution in [2.45, 2.75) is 25.1 Å². The van der Waals surface area contributed by atoms with Crippen molar-refractivity contribution in [2.75, 3.05) is 0 Å². The Kier molecular flexibility index (Phi) is 4.12. The van der Waals surface area contributed by atoms with Crippen LogP contribution in [0.5, 0.6) is 0 Å². The number of hydrogen-bond donors (Lipinski definition) is 0. The number of halogens is 1. The van der Waals surface area contributed by atoms with Crippen LogP contribution in [0, 0.1) is 13.8 Å². The summed E-state index contributed by atoms with van der Waals surface area (Å²) in [6.07, 6.45) is 1.00. The lowest BCUT2D eigenvalue weighted by atomic mass is 9.97. The minimum atomic E-state index is 0.350. The second-order valence-corrected chi connectivity index (χ2v) is 6.76. The van der Waals surface area contributed by atoms with Crippen molar-refractivity contribution >= 4 is 26.7 Å². The summed E-state index contributed by atoms with van der Waals surface area (Å²) in [6, 6.07) is 21.9. The van der Waals surface area contributed by atoms with Crippen LogP contribution in [0.25, 0.3) is 10.8 Å². The number of fused-ring (bicyclic) bond motifs is 1. The van der Waals surface area contributed by atoms with E-state index in [2.05, 4.69) is 90.4 Å². The quantitative estimate of drug-likeness (QED) is 0.503. The monoisotopic (exact) mass is 338 g/mol. The van der Waals surface area contributed by atoms with Crippen LogP contribution in [0.4, 0.5) is 0 Å². The molecule has 3 aromatic rings. The van der Waals surface area contributed by atoms with E-state index in [9.17, 15) is 0 Å². The molecule has 1 unspecified atom stereocenters. The Hall–Kier alpha value is -1.60. The fraction of sp³-hybridized carbons (Fsp3) is 0.200. The van der Waals surface area contributed by atoms with Crippen LogP contribution in [0.1, 0.15) is 27.1 Å². The first kappa shape index (κ1) is 14.3. The van der Waals surface area contributed by atoms with E-state index < -0.39 is 0 Å². The minimum Gasteiger partial charge on any atom is -0.0835 e. The zero-order valence-corrected chi connectivity index (χ0v) is 14.0. The van der Waals surface area contributed by atoms with Gasteiger partial charge in [0.15, 0.2) is 0 Å². The van der Waals surface area contributed by atoms with E-state index in [1.54, 1.807) is 0 Å². The largest absolute Gasteiger partial charge is 0.0835 e. The van der Waals surface area contributed by atoms with Gasteiger partial charge in [-0.25, -0.2) is 0 Å². The van der Waals surface area contributed by atoms with Crippen molar-refractivity contribution in [1.29, 1.82) is 0 Å². The molecular formula is C20H19Br. The predicted molar refractivity (Wildman–Crippen MR) is 95.2 cm³/mol. The van der Waals surface area contributed by atoms with Crippen LogP contribution in [-0.2, 0) is 6.42 Å². The molecule has 21 heavy (non-hydrogen) atoms. The number of alkyl halides is 1. The highest BCUT2D eigenvalue weighted by Crippen LogP contribution is 2.31. The molecule has 0 aromatic heterocycles. The van der Waals surface area contributed by atoms with Gasteiger partial charge in [-0.2, -0.15) is 0 Å². The summed E-state index contributed by atoms with van der Waals surface area (Å²) in [4.78, 5) is 0.350. The molecule has 0 radical (unpaired) electrons. The third kappa shape index (κ3) is 3.03. The molecule has 0 amide bonds. The first-order chi connectivity index (χ1) is 10.1. The lowest BCUT2D eigenvalue weighted by Gasteiger charge is -2.14. The van der Waals surface area contributed by atoms with E-state index in [4.69, 9.17) is 0 Å². The highest BCUT2D eigenvalue weighted by molar-refractivity contribution is 9.09. The fourth-order valence-electron chi connectivity index (χ4n) is 2.74. The zero-order chi connectivity index (χ0) is 14.8. The van der Waals surface area contributed by atoms with Crippen molar-refractivity contribution in [3.8, 4) is 0 Å². The molecule has 1 atom stereocenters. The summed E-state index contributed by atoms with van der Waals surface area (Å²) < 4.78 is 0. The third-order valence-corrected chi connectivity index (χ3v) is 5.02. The summed E-state index contributed by atoms with van der Waals surface area (Å²) in [7, 11) is 0. The molecule has 0 fully saturated rings. The lowest BCUT2D eigenvalue weighted by molar-refractivity contribution is 0.953. The fourth-order valence-corrected chi connectivity index (χ4v) is 3.37. The molecule has 3 aromatic carbocycles. The zero-order valence-electron chi connectivity index (χ0n) is 12.4. The predicted octanol–water partition coefficient (Wildman–Crippen LogP) is 6.14. The van der Waals surface area contributed by atoms with Gasteiger partial charge in [-0.05, 0) is 53.3 Å². The van der Waals surface area contributed by atoms with E-state index in [0.29, 0.717) is 4.83 Å². The van der Waals surface area contributed by atoms with Gasteiger partial charge < -0.3 is 0 Å². The van der Waals surface area contributed by atoms with Gasteiger partial charge in [0, 0.05) is 4.83 Å². The van der Waals surface area contributed by atoms with E-state index in [1.807, 2.05) is 0 Å². The molecule has 0 saturated heterocycles. The molecule has 0 N–H and O–H groups in total. The van der Waals surface area contributed by atoms with Gasteiger partial charge >= 0.3 is 0 Å². The topological polar surface area (TPSA) is 0 Å². The van der Waals surface area contributed by atoms with Gasteiger partial charge in [0.2, 0.25) is 0 Å². The number of aryl methyl sites for hydroxylation is 2. The lowest BCUT2D eigenvalue weighted by Crippen LogP contribution is -1.97. The maximum atomic E-state index is 3.87. The molecule has 0 aliphatic carbocycles. The van der Waals surface area contributed by atoms with E-state index in [1.165, 1.54) is 33.0 Å². The number of hydrogen-bond acceptors (Lipinski definition) is 0. The smallest absolute Gasteiger partial charge is 0.0435 e. The van der Waals surface area contributed by atoms with Gasteiger partial charge in [0.25, 0.3) is 0 Å². The van der Waals surface area contributed by atoms with E-state index >= 15 is 0 Å². The van der Waals surface area contributed by atoms with Crippen LogP contribution in [0.2, 0.25) is 0 Å². The summed E-state index contributed by atoms with van der Waals surface area (Å²) >= 11 is 3.87. The molecule has 106 valence electrons. The Bertz CT molecular complexity index is 768. The average Bonchev–Trinajstić information content (AvgIpc) is 2.50. The molecule has 0 heterocycles. The standard InChI is InChI=1S/C20H19Br/c1-14-10-11-18(12-15(14)2)20(21)13-17-8-5-7-16-6-3-4-9-19(16)17/h3-12,20H,13H2,1-2H3. The van der Waals surface area contributed by atoms with Crippen molar-refractivity contribution in [1.82, 2.24) is 0 Å². The van der Waals surface area contributed by atoms with Crippen LogP contribution in [0.3, 0.4) is 0 Å². The van der Waals surface area contributed by atoms with Crippen LogP contribution in [0.15, 0.2) is 60.7 Å². The molecule has 0 aliphatic rings. The van der Waals surface area contributed by atoms with Gasteiger partial charge in [0.1, 0.15) is 0 Å². The second-order valence-electron chi connectivity index (χ2n) is 5.65. The van der Waals surface area contributed by atoms with Crippen molar-refractivity contribution < 1.29 is 0 Å². The van der Waals surface area contributed by atoms with E-state index in [0.717, 1.165) is 6.42 Å². The van der Waals surface area contributed by atoms with Gasteiger partial charge in [-0.1, -0.05) is 76.6 Å². The van der Waals surface area contributed by atoms with Gasteiger partial charge in [-0.3, -0.25) is 0 Å². The molecule has 0 nitrogen and oxygen atoms in total. The molecule has 0 spiro atoms. The second kappa shape index (κ2) is 6.03. The Morgan fingerprint density at radius 2 is 1.62 bits per heavy atom. The summed E-state index contributed by atoms with van der Waals surface area (Å²) in [5.74, 6) is 0. The average molecular weight is 339 g/mol. The van der Waals surface area contributed by atoms with E-state index in [-0.39, 0.29) is 0 Å². The number of benzene rings is 3. The summed E-state index contributed by atoms with van der Waals surface area (Å²) in [5, 5.41) is 2.67. The summed E-state index contributed by atoms with van der Waals surface area (Å²) in [5.41, 5.74) is 5.46. The van der Waals surface area contributed by atoms with Crippen LogP contribution < -0.4 is 0 Å². The normalized spacial score (nSPS) is 12.5. The Morgan fingerprint density at radius 3 is 2.43 bits per heavy atom. The molecule has 0 saturated carbocycles. The third-order valence-electron chi connectivity index (χ3n) is 4.17. The highest BCUT2D eigenvalue weighted by atomic mass is 79.9. The Labute approximate surface area is 134 Å². The van der Waals surface area contributed by atoms with Crippen LogP contribution in [-0.4, -0.2) is 0 Å². The Morgan fingerprint density at radius 1 is 0.857 bits per heavy atom. The molecular weight excluding hydrogens is 320 g/mol. The maximum absolute atomic E-state index is 3.87. The Balaban J connectivity index is 1.92. The first-order valence-corrected chi connectivity index (χ1v) is 8.24. The van der Waals surface area contributed by atoms with Crippen molar-refractivity contribution in [3.05, 3.63) is 82.9 Å². The van der Waals surface area contributed by atoms with Gasteiger partial charge in [0.05, 0.1) is 0 Å². The molecule has 0 aliphatic heterocycles. The van der Waals surface area contributed by atoms with Gasteiger partial charge in [-0.15, -0.1) is 0 Å². The summed E-state index contributed by atoms with van der Waals surface area (Å²) in [6.45, 7) is 4.34. The first-order valence-electron chi connectivity index (χ1n) is 7.33. The SMILES string of the molecule is Cc1ccc(C(Br)Cc2cccc3ccccc23)cc1C. The van der Waals surface area contributed by atoms with Crippen LogP contribution >= 0.6 is 15.9 Å². The molecule has 1 heteroatoms. The number of rotatable bonds is 3. The van der Waals surface area contributed by atoms with Crippen molar-refractivity contribution in [3.63, 3.8) is 0 Å². The maximum Gasteiger partial charge on any atom is 0.0435 e. The minimum absolute atomic E-state index is 0.350. The highest BCUT2D eigenvalue weighted by Gasteiger charge is 2.11. The molecule has 0 bridgehead atoms. The van der Waals surface area contributed by atoms with Crippen molar-refractivity contribution in [2.24, 2.45) is 0 Å².